The summed E-state index contributed by atoms with van der Waals surface area (Å²) in [4.78, 5) is 12.2. The summed E-state index contributed by atoms with van der Waals surface area (Å²) in [6, 6.07) is 19.9. The number of allylic oxidation sites excluding steroid dienone is 1. The first kappa shape index (κ1) is 21.2. The Morgan fingerprint density at radius 2 is 1.88 bits per heavy atom. The smallest absolute Gasteiger partial charge is 0.336 e. The lowest BCUT2D eigenvalue weighted by Gasteiger charge is -2.26. The Hall–Kier alpha value is -4.08. The van der Waals surface area contributed by atoms with Crippen molar-refractivity contribution in [2.24, 2.45) is 5.73 Å². The molecule has 158 valence electrons. The summed E-state index contributed by atoms with van der Waals surface area (Å²) < 4.78 is 25.4. The van der Waals surface area contributed by atoms with Gasteiger partial charge in [0.2, 0.25) is 5.88 Å². The standard InChI is InChI=1S/C25H16ClFN2O3/c26-20-7-3-1-5-15(20)9-12-23(30)31-16-10-11-18-22(13-16)32-25(29)19(14-28)24(18)17-6-2-4-8-21(17)27/h1-13,24H,29H2/b12-9+. The first-order chi connectivity index (χ1) is 15.5. The van der Waals surface area contributed by atoms with Crippen molar-refractivity contribution in [1.82, 2.24) is 0 Å². The minimum atomic E-state index is -0.741. The van der Waals surface area contributed by atoms with E-state index in [0.717, 1.165) is 0 Å². The van der Waals surface area contributed by atoms with Crippen LogP contribution in [0, 0.1) is 17.1 Å². The predicted molar refractivity (Wildman–Crippen MR) is 118 cm³/mol. The van der Waals surface area contributed by atoms with Gasteiger partial charge in [0.25, 0.3) is 0 Å². The van der Waals surface area contributed by atoms with Gasteiger partial charge in [-0.05, 0) is 29.8 Å². The van der Waals surface area contributed by atoms with E-state index in [1.807, 2.05) is 6.07 Å². The fraction of sp³-hybridized carbons (Fsp3) is 0.0400. The Balaban J connectivity index is 1.62. The van der Waals surface area contributed by atoms with Gasteiger partial charge in [-0.1, -0.05) is 54.1 Å². The summed E-state index contributed by atoms with van der Waals surface area (Å²) >= 11 is 6.07. The SMILES string of the molecule is N#CC1=C(N)Oc2cc(OC(=O)/C=C/c3ccccc3Cl)ccc2C1c1ccccc1F. The number of esters is 1. The largest absolute Gasteiger partial charge is 0.440 e. The number of nitrogens with zero attached hydrogens (tertiary/aromatic N) is 1. The number of hydrogen-bond donors (Lipinski definition) is 1. The summed E-state index contributed by atoms with van der Waals surface area (Å²) in [5, 5.41) is 10.1. The Morgan fingerprint density at radius 3 is 2.62 bits per heavy atom. The normalized spacial score (nSPS) is 15.1. The first-order valence-electron chi connectivity index (χ1n) is 9.58. The van der Waals surface area contributed by atoms with Crippen molar-refractivity contribution < 1.29 is 18.7 Å². The second-order valence-corrected chi connectivity index (χ2v) is 7.33. The minimum Gasteiger partial charge on any atom is -0.440 e. The van der Waals surface area contributed by atoms with Gasteiger partial charge in [0.1, 0.15) is 29.0 Å². The van der Waals surface area contributed by atoms with Crippen LogP contribution in [0.15, 0.2) is 84.3 Å². The summed E-state index contributed by atoms with van der Waals surface area (Å²) in [6.45, 7) is 0. The molecule has 0 radical (unpaired) electrons. The lowest BCUT2D eigenvalue weighted by molar-refractivity contribution is -0.128. The number of carbonyl (C=O) groups excluding carboxylic acids is 1. The Labute approximate surface area is 188 Å². The quantitative estimate of drug-likeness (QED) is 0.333. The van der Waals surface area contributed by atoms with Crippen molar-refractivity contribution in [2.45, 2.75) is 5.92 Å². The number of nitriles is 1. The molecule has 1 heterocycles. The lowest BCUT2D eigenvalue weighted by atomic mass is 9.83. The van der Waals surface area contributed by atoms with Crippen molar-refractivity contribution in [3.05, 3.63) is 112 Å². The Morgan fingerprint density at radius 1 is 1.12 bits per heavy atom. The number of rotatable bonds is 4. The summed E-state index contributed by atoms with van der Waals surface area (Å²) in [6.07, 6.45) is 2.80. The van der Waals surface area contributed by atoms with Crippen molar-refractivity contribution >= 4 is 23.6 Å². The third-order valence-corrected chi connectivity index (χ3v) is 5.27. The molecule has 5 nitrogen and oxygen atoms in total. The van der Waals surface area contributed by atoms with Gasteiger partial charge in [0, 0.05) is 28.3 Å². The molecule has 0 bridgehead atoms. The molecular formula is C25H16ClFN2O3. The maximum Gasteiger partial charge on any atom is 0.336 e. The molecule has 1 aliphatic rings. The van der Waals surface area contributed by atoms with Gasteiger partial charge in [-0.15, -0.1) is 0 Å². The van der Waals surface area contributed by atoms with E-state index in [9.17, 15) is 14.4 Å². The van der Waals surface area contributed by atoms with Gasteiger partial charge < -0.3 is 15.2 Å². The van der Waals surface area contributed by atoms with Gasteiger partial charge >= 0.3 is 5.97 Å². The van der Waals surface area contributed by atoms with Crippen molar-refractivity contribution in [1.29, 1.82) is 5.26 Å². The third-order valence-electron chi connectivity index (χ3n) is 4.93. The molecule has 0 fully saturated rings. The van der Waals surface area contributed by atoms with E-state index in [4.69, 9.17) is 26.8 Å². The van der Waals surface area contributed by atoms with Crippen LogP contribution in [0.3, 0.4) is 0 Å². The predicted octanol–water partition coefficient (Wildman–Crippen LogP) is 5.32. The van der Waals surface area contributed by atoms with Gasteiger partial charge in [-0.2, -0.15) is 5.26 Å². The molecule has 0 spiro atoms. The second-order valence-electron chi connectivity index (χ2n) is 6.92. The highest BCUT2D eigenvalue weighted by Gasteiger charge is 2.32. The molecule has 32 heavy (non-hydrogen) atoms. The zero-order valence-corrected chi connectivity index (χ0v) is 17.3. The maximum absolute atomic E-state index is 14.5. The highest BCUT2D eigenvalue weighted by molar-refractivity contribution is 6.32. The fourth-order valence-corrected chi connectivity index (χ4v) is 3.65. The molecule has 1 atom stereocenters. The summed E-state index contributed by atoms with van der Waals surface area (Å²) in [7, 11) is 0. The number of fused-ring (bicyclic) bond motifs is 1. The summed E-state index contributed by atoms with van der Waals surface area (Å²) in [5.74, 6) is -1.47. The van der Waals surface area contributed by atoms with Crippen LogP contribution < -0.4 is 15.2 Å². The van der Waals surface area contributed by atoms with E-state index >= 15 is 0 Å². The van der Waals surface area contributed by atoms with E-state index < -0.39 is 17.7 Å². The number of nitrogens with two attached hydrogens (primary N) is 1. The zero-order valence-electron chi connectivity index (χ0n) is 16.6. The van der Waals surface area contributed by atoms with E-state index in [0.29, 0.717) is 21.7 Å². The topological polar surface area (TPSA) is 85.3 Å². The molecule has 2 N–H and O–H groups in total. The van der Waals surface area contributed by atoms with Crippen LogP contribution in [0.4, 0.5) is 4.39 Å². The van der Waals surface area contributed by atoms with Crippen molar-refractivity contribution in [3.8, 4) is 17.6 Å². The zero-order chi connectivity index (χ0) is 22.7. The Bertz CT molecular complexity index is 1310. The average molecular weight is 447 g/mol. The van der Waals surface area contributed by atoms with Crippen LogP contribution in [0.2, 0.25) is 5.02 Å². The van der Waals surface area contributed by atoms with Crippen molar-refractivity contribution in [2.75, 3.05) is 0 Å². The maximum atomic E-state index is 14.5. The van der Waals surface area contributed by atoms with Gasteiger partial charge in [-0.25, -0.2) is 9.18 Å². The molecule has 1 unspecified atom stereocenters. The molecule has 4 rings (SSSR count). The molecule has 7 heteroatoms. The van der Waals surface area contributed by atoms with Crippen LogP contribution in [0.5, 0.6) is 11.5 Å². The van der Waals surface area contributed by atoms with Crippen LogP contribution in [0.25, 0.3) is 6.08 Å². The molecular weight excluding hydrogens is 431 g/mol. The molecule has 3 aromatic rings. The van der Waals surface area contributed by atoms with Crippen LogP contribution in [-0.4, -0.2) is 5.97 Å². The molecule has 0 amide bonds. The number of ether oxygens (including phenoxy) is 2. The molecule has 1 aliphatic heterocycles. The molecule has 0 saturated heterocycles. The highest BCUT2D eigenvalue weighted by atomic mass is 35.5. The van der Waals surface area contributed by atoms with E-state index in [1.54, 1.807) is 60.7 Å². The third kappa shape index (κ3) is 4.20. The van der Waals surface area contributed by atoms with Crippen LogP contribution in [0.1, 0.15) is 22.6 Å². The second kappa shape index (κ2) is 8.96. The molecule has 3 aromatic carbocycles. The number of halogens is 2. The lowest BCUT2D eigenvalue weighted by Crippen LogP contribution is -2.21. The minimum absolute atomic E-state index is 0.106. The van der Waals surface area contributed by atoms with E-state index in [1.165, 1.54) is 18.2 Å². The monoisotopic (exact) mass is 446 g/mol. The van der Waals surface area contributed by atoms with E-state index in [-0.39, 0.29) is 23.0 Å². The van der Waals surface area contributed by atoms with Crippen molar-refractivity contribution in [3.63, 3.8) is 0 Å². The first-order valence-corrected chi connectivity index (χ1v) is 9.96. The van der Waals surface area contributed by atoms with Crippen LogP contribution in [-0.2, 0) is 4.79 Å². The molecule has 0 saturated carbocycles. The Kier molecular flexibility index (Phi) is 5.93. The molecule has 0 aliphatic carbocycles. The summed E-state index contributed by atoms with van der Waals surface area (Å²) in [5.41, 5.74) is 7.55. The highest BCUT2D eigenvalue weighted by Crippen LogP contribution is 2.44. The fourth-order valence-electron chi connectivity index (χ4n) is 3.45. The van der Waals surface area contributed by atoms with E-state index in [2.05, 4.69) is 0 Å². The molecule has 0 aromatic heterocycles. The number of hydrogen-bond acceptors (Lipinski definition) is 5. The number of benzene rings is 3. The van der Waals surface area contributed by atoms with Crippen LogP contribution >= 0.6 is 11.6 Å². The van der Waals surface area contributed by atoms with Gasteiger partial charge in [0.15, 0.2) is 0 Å². The van der Waals surface area contributed by atoms with Gasteiger partial charge in [-0.3, -0.25) is 0 Å². The number of carbonyl (C=O) groups is 1. The average Bonchev–Trinajstić information content (AvgIpc) is 2.78. The van der Waals surface area contributed by atoms with Gasteiger partial charge in [0.05, 0.1) is 5.92 Å².